The third-order valence-electron chi connectivity index (χ3n) is 2.89. The molecule has 1 aromatic carbocycles. The van der Waals surface area contributed by atoms with Gasteiger partial charge < -0.3 is 14.8 Å². The second-order valence-corrected chi connectivity index (χ2v) is 5.04. The minimum atomic E-state index is -4.57. The van der Waals surface area contributed by atoms with Crippen LogP contribution < -0.4 is 10.1 Å². The summed E-state index contributed by atoms with van der Waals surface area (Å²) in [6.45, 7) is 6.86. The quantitative estimate of drug-likeness (QED) is 0.866. The predicted molar refractivity (Wildman–Crippen MR) is 76.9 cm³/mol. The van der Waals surface area contributed by atoms with E-state index in [0.29, 0.717) is 6.61 Å². The Balaban J connectivity index is 3.05. The highest BCUT2D eigenvalue weighted by Crippen LogP contribution is 2.38. The second kappa shape index (κ2) is 7.00. The minimum absolute atomic E-state index is 0.0357. The lowest BCUT2D eigenvalue weighted by atomic mass is 10.1. The van der Waals surface area contributed by atoms with Crippen molar-refractivity contribution in [1.29, 1.82) is 0 Å². The average molecular weight is 319 g/mol. The van der Waals surface area contributed by atoms with Crippen LogP contribution in [0.5, 0.6) is 5.75 Å². The normalized spacial score (nSPS) is 12.1. The van der Waals surface area contributed by atoms with Crippen LogP contribution in [0.25, 0.3) is 0 Å². The van der Waals surface area contributed by atoms with Crippen molar-refractivity contribution in [2.24, 2.45) is 0 Å². The van der Waals surface area contributed by atoms with E-state index in [0.717, 1.165) is 6.07 Å². The molecule has 0 aromatic heterocycles. The summed E-state index contributed by atoms with van der Waals surface area (Å²) in [5.41, 5.74) is -2.03. The molecule has 0 saturated heterocycles. The van der Waals surface area contributed by atoms with Gasteiger partial charge in [-0.2, -0.15) is 13.2 Å². The first kappa shape index (κ1) is 18.3. The predicted octanol–water partition coefficient (Wildman–Crippen LogP) is 3.86. The number of rotatable bonds is 6. The number of carbonyl (C=O) groups excluding carboxylic acids is 1. The van der Waals surface area contributed by atoms with E-state index in [9.17, 15) is 18.0 Å². The molecule has 0 saturated carbocycles. The first-order chi connectivity index (χ1) is 10.1. The van der Waals surface area contributed by atoms with Crippen molar-refractivity contribution in [3.05, 3.63) is 23.8 Å². The molecule has 0 bridgehead atoms. The van der Waals surface area contributed by atoms with E-state index in [2.05, 4.69) is 5.32 Å². The lowest BCUT2D eigenvalue weighted by Crippen LogP contribution is -2.39. The zero-order chi connectivity index (χ0) is 17.0. The Labute approximate surface area is 127 Å². The molecule has 0 atom stereocenters. The Kier molecular flexibility index (Phi) is 5.82. The smallest absolute Gasteiger partial charge is 0.420 e. The third kappa shape index (κ3) is 4.62. The summed E-state index contributed by atoms with van der Waals surface area (Å²) in [5, 5.41) is 2.43. The van der Waals surface area contributed by atoms with E-state index in [1.165, 1.54) is 12.1 Å². The van der Waals surface area contributed by atoms with Gasteiger partial charge in [-0.15, -0.1) is 0 Å². The van der Waals surface area contributed by atoms with Crippen LogP contribution in [-0.2, 0) is 15.7 Å². The number of hydrogen-bond donors (Lipinski definition) is 1. The van der Waals surface area contributed by atoms with Gasteiger partial charge in [0.05, 0.1) is 12.2 Å². The van der Waals surface area contributed by atoms with E-state index >= 15 is 0 Å². The summed E-state index contributed by atoms with van der Waals surface area (Å²) in [5.74, 6) is -0.788. The number of anilines is 1. The first-order valence-corrected chi connectivity index (χ1v) is 6.91. The van der Waals surface area contributed by atoms with E-state index in [4.69, 9.17) is 9.47 Å². The number of alkyl halides is 3. The number of ether oxygens (including phenoxy) is 2. The molecular weight excluding hydrogens is 299 g/mol. The highest BCUT2D eigenvalue weighted by molar-refractivity contribution is 5.96. The number of benzene rings is 1. The van der Waals surface area contributed by atoms with Crippen LogP contribution in [0.1, 0.15) is 33.3 Å². The topological polar surface area (TPSA) is 47.6 Å². The number of nitrogens with one attached hydrogen (secondary N) is 1. The van der Waals surface area contributed by atoms with Gasteiger partial charge in [-0.3, -0.25) is 4.79 Å². The van der Waals surface area contributed by atoms with Crippen molar-refractivity contribution in [2.75, 3.05) is 18.5 Å². The molecule has 1 aromatic rings. The average Bonchev–Trinajstić information content (AvgIpc) is 2.39. The molecule has 22 heavy (non-hydrogen) atoms. The molecule has 4 nitrogen and oxygen atoms in total. The van der Waals surface area contributed by atoms with Gasteiger partial charge >= 0.3 is 6.18 Å². The van der Waals surface area contributed by atoms with Crippen molar-refractivity contribution >= 4 is 11.6 Å². The zero-order valence-corrected chi connectivity index (χ0v) is 13.0. The first-order valence-electron chi connectivity index (χ1n) is 6.91. The van der Waals surface area contributed by atoms with Crippen molar-refractivity contribution in [1.82, 2.24) is 0 Å². The maximum absolute atomic E-state index is 13.0. The van der Waals surface area contributed by atoms with Crippen LogP contribution in [0.4, 0.5) is 18.9 Å². The zero-order valence-electron chi connectivity index (χ0n) is 13.0. The van der Waals surface area contributed by atoms with Crippen molar-refractivity contribution < 1.29 is 27.4 Å². The molecule has 0 aliphatic carbocycles. The van der Waals surface area contributed by atoms with E-state index in [1.807, 2.05) is 0 Å². The standard InChI is InChI=1S/C15H20F3NO3/c1-5-21-12-8-7-10(9-11(12)15(16,17)18)19-13(20)14(3,4)22-6-2/h7-9H,5-6H2,1-4H3,(H,19,20). The maximum atomic E-state index is 13.0. The van der Waals surface area contributed by atoms with Gasteiger partial charge in [0.2, 0.25) is 0 Å². The third-order valence-corrected chi connectivity index (χ3v) is 2.89. The molecular formula is C15H20F3NO3. The van der Waals surface area contributed by atoms with Crippen molar-refractivity contribution in [3.63, 3.8) is 0 Å². The SMILES string of the molecule is CCOc1ccc(NC(=O)C(C)(C)OCC)cc1C(F)(F)F. The summed E-state index contributed by atoms with van der Waals surface area (Å²) < 4.78 is 49.3. The highest BCUT2D eigenvalue weighted by Gasteiger charge is 2.35. The van der Waals surface area contributed by atoms with Crippen molar-refractivity contribution in [3.8, 4) is 5.75 Å². The molecule has 0 aliphatic rings. The molecule has 124 valence electrons. The van der Waals surface area contributed by atoms with Crippen molar-refractivity contribution in [2.45, 2.75) is 39.5 Å². The van der Waals surface area contributed by atoms with Gasteiger partial charge in [0, 0.05) is 12.3 Å². The van der Waals surface area contributed by atoms with Gasteiger partial charge in [0.1, 0.15) is 11.4 Å². The van der Waals surface area contributed by atoms with Crippen LogP contribution in [-0.4, -0.2) is 24.7 Å². The molecule has 0 radical (unpaired) electrons. The molecule has 1 N–H and O–H groups in total. The lowest BCUT2D eigenvalue weighted by Gasteiger charge is -2.24. The Morgan fingerprint density at radius 1 is 1.18 bits per heavy atom. The summed E-state index contributed by atoms with van der Waals surface area (Å²) >= 11 is 0. The van der Waals surface area contributed by atoms with Crippen LogP contribution in [0.15, 0.2) is 18.2 Å². The number of carbonyl (C=O) groups is 1. The number of hydrogen-bond acceptors (Lipinski definition) is 3. The molecule has 1 rings (SSSR count). The molecule has 0 aliphatic heterocycles. The fourth-order valence-corrected chi connectivity index (χ4v) is 1.82. The minimum Gasteiger partial charge on any atom is -0.493 e. The molecule has 0 fully saturated rings. The fourth-order valence-electron chi connectivity index (χ4n) is 1.82. The van der Waals surface area contributed by atoms with Crippen LogP contribution in [0.2, 0.25) is 0 Å². The monoisotopic (exact) mass is 319 g/mol. The van der Waals surface area contributed by atoms with Gasteiger partial charge in [0.25, 0.3) is 5.91 Å². The number of halogens is 3. The Bertz CT molecular complexity index is 527. The second-order valence-electron chi connectivity index (χ2n) is 5.04. The van der Waals surface area contributed by atoms with Gasteiger partial charge in [-0.05, 0) is 45.9 Å². The Hall–Kier alpha value is -1.76. The van der Waals surface area contributed by atoms with Gasteiger partial charge in [-0.1, -0.05) is 0 Å². The summed E-state index contributed by atoms with van der Waals surface area (Å²) in [6, 6.07) is 3.40. The maximum Gasteiger partial charge on any atom is 0.420 e. The Morgan fingerprint density at radius 2 is 1.82 bits per heavy atom. The molecule has 0 spiro atoms. The summed E-state index contributed by atoms with van der Waals surface area (Å²) in [7, 11) is 0. The number of amides is 1. The largest absolute Gasteiger partial charge is 0.493 e. The molecule has 7 heteroatoms. The lowest BCUT2D eigenvalue weighted by molar-refractivity contribution is -0.139. The van der Waals surface area contributed by atoms with E-state index in [-0.39, 0.29) is 18.0 Å². The van der Waals surface area contributed by atoms with Gasteiger partial charge in [-0.25, -0.2) is 0 Å². The summed E-state index contributed by atoms with van der Waals surface area (Å²) in [4.78, 5) is 12.0. The van der Waals surface area contributed by atoms with Crippen LogP contribution >= 0.6 is 0 Å². The fraction of sp³-hybridized carbons (Fsp3) is 0.533. The molecule has 0 heterocycles. The highest BCUT2D eigenvalue weighted by atomic mass is 19.4. The summed E-state index contributed by atoms with van der Waals surface area (Å²) in [6.07, 6.45) is -4.57. The van der Waals surface area contributed by atoms with E-state index < -0.39 is 23.2 Å². The molecule has 1 amide bonds. The Morgan fingerprint density at radius 3 is 2.32 bits per heavy atom. The van der Waals surface area contributed by atoms with E-state index in [1.54, 1.807) is 27.7 Å². The van der Waals surface area contributed by atoms with Gasteiger partial charge in [0.15, 0.2) is 0 Å². The molecule has 0 unspecified atom stereocenters. The van der Waals surface area contributed by atoms with Crippen LogP contribution in [0, 0.1) is 0 Å². The van der Waals surface area contributed by atoms with Crippen LogP contribution in [0.3, 0.4) is 0 Å².